The Morgan fingerprint density at radius 3 is 2.81 bits per heavy atom. The van der Waals surface area contributed by atoms with Crippen LogP contribution >= 0.6 is 11.3 Å². The largest absolute Gasteiger partial charge is 0.292 e. The average Bonchev–Trinajstić information content (AvgIpc) is 2.70. The molecule has 4 heteroatoms. The highest BCUT2D eigenvalue weighted by Crippen LogP contribution is 2.12. The van der Waals surface area contributed by atoms with Crippen LogP contribution in [0.3, 0.4) is 0 Å². The highest BCUT2D eigenvalue weighted by atomic mass is 32.1. The van der Waals surface area contributed by atoms with E-state index in [1.54, 1.807) is 12.4 Å². The smallest absolute Gasteiger partial charge is 0.188 e. The monoisotopic (exact) mass is 232 g/mol. The summed E-state index contributed by atoms with van der Waals surface area (Å²) in [4.78, 5) is 20.2. The third-order valence-electron chi connectivity index (χ3n) is 2.27. The third-order valence-corrected chi connectivity index (χ3v) is 3.05. The number of Topliss-reactive ketones (excluding diaryl/α,β-unsaturated/α-hetero) is 1. The first-order valence-electron chi connectivity index (χ1n) is 5.01. The van der Waals surface area contributed by atoms with Crippen molar-refractivity contribution in [2.45, 2.75) is 20.3 Å². The van der Waals surface area contributed by atoms with Gasteiger partial charge >= 0.3 is 0 Å². The zero-order valence-corrected chi connectivity index (χ0v) is 10.0. The van der Waals surface area contributed by atoms with Gasteiger partial charge < -0.3 is 0 Å². The van der Waals surface area contributed by atoms with E-state index in [4.69, 9.17) is 0 Å². The van der Waals surface area contributed by atoms with E-state index < -0.39 is 0 Å². The van der Waals surface area contributed by atoms with Crippen LogP contribution < -0.4 is 0 Å². The molecule has 2 aromatic rings. The first kappa shape index (κ1) is 11.0. The molecule has 0 spiro atoms. The molecule has 0 aliphatic rings. The van der Waals surface area contributed by atoms with Gasteiger partial charge in [-0.15, -0.1) is 11.3 Å². The molecule has 0 fully saturated rings. The Bertz CT molecular complexity index is 506. The van der Waals surface area contributed by atoms with Crippen molar-refractivity contribution in [1.29, 1.82) is 0 Å². The van der Waals surface area contributed by atoms with Gasteiger partial charge in [0.25, 0.3) is 0 Å². The molecule has 0 amide bonds. The summed E-state index contributed by atoms with van der Waals surface area (Å²) in [6.45, 7) is 3.88. The summed E-state index contributed by atoms with van der Waals surface area (Å²) in [5.74, 6) is 0.0347. The topological polar surface area (TPSA) is 42.9 Å². The molecule has 2 aromatic heterocycles. The van der Waals surface area contributed by atoms with Crippen molar-refractivity contribution in [2.75, 3.05) is 0 Å². The molecule has 0 radical (unpaired) electrons. The molecule has 0 bridgehead atoms. The van der Waals surface area contributed by atoms with Crippen molar-refractivity contribution in [2.24, 2.45) is 0 Å². The summed E-state index contributed by atoms with van der Waals surface area (Å²) in [7, 11) is 0. The lowest BCUT2D eigenvalue weighted by molar-refractivity contribution is 0.0987. The van der Waals surface area contributed by atoms with Gasteiger partial charge in [0.1, 0.15) is 10.7 Å². The Hall–Kier alpha value is -1.55. The minimum atomic E-state index is 0.0347. The van der Waals surface area contributed by atoms with E-state index in [9.17, 15) is 4.79 Å². The molecule has 2 heterocycles. The summed E-state index contributed by atoms with van der Waals surface area (Å²) < 4.78 is 0. The first-order chi connectivity index (χ1) is 7.66. The molecular weight excluding hydrogens is 220 g/mol. The first-order valence-corrected chi connectivity index (χ1v) is 5.89. The maximum Gasteiger partial charge on any atom is 0.188 e. The van der Waals surface area contributed by atoms with Gasteiger partial charge in [0.05, 0.1) is 6.42 Å². The second-order valence-corrected chi connectivity index (χ2v) is 4.68. The number of pyridine rings is 1. The highest BCUT2D eigenvalue weighted by Gasteiger charge is 2.12. The van der Waals surface area contributed by atoms with E-state index in [1.165, 1.54) is 11.3 Å². The highest BCUT2D eigenvalue weighted by molar-refractivity contribution is 7.09. The van der Waals surface area contributed by atoms with Crippen molar-refractivity contribution < 1.29 is 4.79 Å². The van der Waals surface area contributed by atoms with E-state index in [1.807, 2.05) is 25.3 Å². The molecule has 0 saturated heterocycles. The zero-order chi connectivity index (χ0) is 11.5. The lowest BCUT2D eigenvalue weighted by Crippen LogP contribution is -2.08. The fourth-order valence-electron chi connectivity index (χ4n) is 1.57. The van der Waals surface area contributed by atoms with Gasteiger partial charge in [-0.2, -0.15) is 0 Å². The van der Waals surface area contributed by atoms with E-state index in [0.29, 0.717) is 12.1 Å². The van der Waals surface area contributed by atoms with Crippen LogP contribution in [-0.4, -0.2) is 15.8 Å². The SMILES string of the molecule is Cc1cnc(C(=O)Cc2nccs2)c(C)c1. The van der Waals surface area contributed by atoms with E-state index in [0.717, 1.165) is 16.1 Å². The van der Waals surface area contributed by atoms with Crippen molar-refractivity contribution in [3.05, 3.63) is 45.7 Å². The van der Waals surface area contributed by atoms with E-state index >= 15 is 0 Å². The van der Waals surface area contributed by atoms with Crippen molar-refractivity contribution in [3.63, 3.8) is 0 Å². The molecule has 0 atom stereocenters. The van der Waals surface area contributed by atoms with Crippen LogP contribution in [0.4, 0.5) is 0 Å². The Morgan fingerprint density at radius 1 is 1.38 bits per heavy atom. The summed E-state index contributed by atoms with van der Waals surface area (Å²) in [6.07, 6.45) is 3.78. The number of rotatable bonds is 3. The molecule has 82 valence electrons. The number of hydrogen-bond acceptors (Lipinski definition) is 4. The Balaban J connectivity index is 2.21. The minimum absolute atomic E-state index is 0.0347. The van der Waals surface area contributed by atoms with Gasteiger partial charge in [0.15, 0.2) is 5.78 Å². The molecular formula is C12H12N2OS. The molecule has 0 saturated carbocycles. The molecule has 0 unspecified atom stereocenters. The van der Waals surface area contributed by atoms with E-state index in [-0.39, 0.29) is 5.78 Å². The predicted octanol–water partition coefficient (Wildman–Crippen LogP) is 2.58. The van der Waals surface area contributed by atoms with Crippen LogP contribution in [-0.2, 0) is 6.42 Å². The summed E-state index contributed by atoms with van der Waals surface area (Å²) >= 11 is 1.50. The number of thiazole rings is 1. The van der Waals surface area contributed by atoms with Crippen LogP contribution in [0, 0.1) is 13.8 Å². The number of aromatic nitrogens is 2. The van der Waals surface area contributed by atoms with Gasteiger partial charge in [-0.1, -0.05) is 6.07 Å². The number of ketones is 1. The maximum absolute atomic E-state index is 11.9. The standard InChI is InChI=1S/C12H12N2OS/c1-8-5-9(2)12(14-7-8)10(15)6-11-13-3-4-16-11/h3-5,7H,6H2,1-2H3. The summed E-state index contributed by atoms with van der Waals surface area (Å²) in [5, 5.41) is 2.71. The van der Waals surface area contributed by atoms with Crippen LogP contribution in [0.5, 0.6) is 0 Å². The lowest BCUT2D eigenvalue weighted by atomic mass is 10.1. The number of hydrogen-bond donors (Lipinski definition) is 0. The number of nitrogens with zero attached hydrogens (tertiary/aromatic N) is 2. The van der Waals surface area contributed by atoms with Crippen molar-refractivity contribution in [1.82, 2.24) is 9.97 Å². The molecule has 16 heavy (non-hydrogen) atoms. The molecule has 0 aliphatic carbocycles. The van der Waals surface area contributed by atoms with Crippen LogP contribution in [0.15, 0.2) is 23.8 Å². The Morgan fingerprint density at radius 2 is 2.19 bits per heavy atom. The zero-order valence-electron chi connectivity index (χ0n) is 9.23. The third kappa shape index (κ3) is 2.33. The molecule has 2 rings (SSSR count). The Kier molecular flexibility index (Phi) is 3.10. The molecule has 3 nitrogen and oxygen atoms in total. The fourth-order valence-corrected chi connectivity index (χ4v) is 2.18. The van der Waals surface area contributed by atoms with Gasteiger partial charge in [0.2, 0.25) is 0 Å². The van der Waals surface area contributed by atoms with Crippen LogP contribution in [0.25, 0.3) is 0 Å². The lowest BCUT2D eigenvalue weighted by Gasteiger charge is -2.03. The van der Waals surface area contributed by atoms with Gasteiger partial charge in [-0.05, 0) is 25.0 Å². The molecule has 0 aromatic carbocycles. The maximum atomic E-state index is 11.9. The number of carbonyl (C=O) groups is 1. The number of aryl methyl sites for hydroxylation is 2. The van der Waals surface area contributed by atoms with Crippen molar-refractivity contribution in [3.8, 4) is 0 Å². The second kappa shape index (κ2) is 4.53. The summed E-state index contributed by atoms with van der Waals surface area (Å²) in [5.41, 5.74) is 2.56. The van der Waals surface area contributed by atoms with Gasteiger partial charge in [-0.3, -0.25) is 9.78 Å². The summed E-state index contributed by atoms with van der Waals surface area (Å²) in [6, 6.07) is 1.97. The number of carbonyl (C=O) groups excluding carboxylic acids is 1. The van der Waals surface area contributed by atoms with Crippen LogP contribution in [0.1, 0.15) is 26.6 Å². The minimum Gasteiger partial charge on any atom is -0.292 e. The van der Waals surface area contributed by atoms with Gasteiger partial charge in [0, 0.05) is 17.8 Å². The van der Waals surface area contributed by atoms with Crippen molar-refractivity contribution >= 4 is 17.1 Å². The normalized spacial score (nSPS) is 10.4. The Labute approximate surface area is 98.2 Å². The van der Waals surface area contributed by atoms with Crippen LogP contribution in [0.2, 0.25) is 0 Å². The molecule has 0 aliphatic heterocycles. The fraction of sp³-hybridized carbons (Fsp3) is 0.250. The quantitative estimate of drug-likeness (QED) is 0.764. The molecule has 0 N–H and O–H groups in total. The average molecular weight is 232 g/mol. The second-order valence-electron chi connectivity index (χ2n) is 3.70. The predicted molar refractivity (Wildman–Crippen MR) is 63.9 cm³/mol. The van der Waals surface area contributed by atoms with E-state index in [2.05, 4.69) is 9.97 Å². The van der Waals surface area contributed by atoms with Gasteiger partial charge in [-0.25, -0.2) is 4.98 Å².